The summed E-state index contributed by atoms with van der Waals surface area (Å²) in [6, 6.07) is 0. The molecule has 0 atom stereocenters. The molecule has 0 unspecified atom stereocenters. The molecule has 0 saturated carbocycles. The Kier molecular flexibility index (Phi) is 5.25. The fourth-order valence-electron chi connectivity index (χ4n) is 0.459. The van der Waals surface area contributed by atoms with Gasteiger partial charge in [0.2, 0.25) is 0 Å². The lowest BCUT2D eigenvalue weighted by Crippen LogP contribution is -2.11. The van der Waals surface area contributed by atoms with E-state index in [0.717, 1.165) is 5.76 Å². The van der Waals surface area contributed by atoms with Crippen LogP contribution in [-0.2, 0) is 14.3 Å². The summed E-state index contributed by atoms with van der Waals surface area (Å²) in [5.74, 6) is 0.409. The summed E-state index contributed by atoms with van der Waals surface area (Å²) in [7, 11) is 0. The molecule has 0 N–H and O–H groups in total. The number of carbonyl (C=O) groups excluding carboxylic acids is 1. The number of hydrogen-bond acceptors (Lipinski definition) is 3. The molecule has 0 amide bonds. The molecule has 0 aliphatic rings. The lowest BCUT2D eigenvalue weighted by atomic mass is 10.5. The van der Waals surface area contributed by atoms with Crippen molar-refractivity contribution in [3.05, 3.63) is 11.8 Å². The van der Waals surface area contributed by atoms with Crippen molar-refractivity contribution in [1.29, 1.82) is 0 Å². The Balaban J connectivity index is 3.46. The van der Waals surface area contributed by atoms with Crippen LogP contribution in [0.1, 0.15) is 20.8 Å². The van der Waals surface area contributed by atoms with Gasteiger partial charge in [0.15, 0.2) is 6.61 Å². The maximum atomic E-state index is 10.7. The van der Waals surface area contributed by atoms with Crippen LogP contribution in [0.15, 0.2) is 11.8 Å². The molecule has 0 saturated heterocycles. The van der Waals surface area contributed by atoms with E-state index >= 15 is 0 Å². The largest absolute Gasteiger partial charge is 0.487 e. The maximum Gasteiger partial charge on any atom is 0.344 e. The van der Waals surface area contributed by atoms with Crippen molar-refractivity contribution >= 4 is 5.97 Å². The molecule has 0 rings (SSSR count). The number of carbonyl (C=O) groups is 1. The lowest BCUT2D eigenvalue weighted by Gasteiger charge is -2.04. The number of allylic oxidation sites excluding steroid dienone is 2. The van der Waals surface area contributed by atoms with Crippen LogP contribution in [-0.4, -0.2) is 19.2 Å². The molecule has 0 aliphatic carbocycles. The fourth-order valence-corrected chi connectivity index (χ4v) is 0.459. The van der Waals surface area contributed by atoms with Crippen molar-refractivity contribution < 1.29 is 14.3 Å². The number of rotatable bonds is 4. The van der Waals surface area contributed by atoms with Crippen LogP contribution in [0.2, 0.25) is 0 Å². The summed E-state index contributed by atoms with van der Waals surface area (Å²) in [4.78, 5) is 10.7. The molecule has 0 heterocycles. The molecule has 11 heavy (non-hydrogen) atoms. The average Bonchev–Trinajstić information content (AvgIpc) is 2.01. The van der Waals surface area contributed by atoms with Gasteiger partial charge in [0.25, 0.3) is 0 Å². The van der Waals surface area contributed by atoms with Crippen molar-refractivity contribution in [2.24, 2.45) is 0 Å². The highest BCUT2D eigenvalue weighted by molar-refractivity contribution is 5.70. The van der Waals surface area contributed by atoms with E-state index in [0.29, 0.717) is 6.61 Å². The summed E-state index contributed by atoms with van der Waals surface area (Å²) >= 11 is 0. The molecule has 0 aromatic carbocycles. The van der Waals surface area contributed by atoms with Crippen molar-refractivity contribution in [2.75, 3.05) is 13.2 Å². The molecule has 64 valence electrons. The second-order valence-corrected chi connectivity index (χ2v) is 1.99. The smallest absolute Gasteiger partial charge is 0.344 e. The highest BCUT2D eigenvalue weighted by Crippen LogP contribution is 1.94. The van der Waals surface area contributed by atoms with Crippen molar-refractivity contribution in [2.45, 2.75) is 20.8 Å². The SMILES string of the molecule is C/C=C(\C)OCC(=O)OCC. The van der Waals surface area contributed by atoms with Crippen LogP contribution < -0.4 is 0 Å². The van der Waals surface area contributed by atoms with Gasteiger partial charge in [0.05, 0.1) is 12.4 Å². The zero-order chi connectivity index (χ0) is 8.69. The summed E-state index contributed by atoms with van der Waals surface area (Å²) in [6.45, 7) is 5.81. The Hall–Kier alpha value is -0.990. The van der Waals surface area contributed by atoms with Gasteiger partial charge in [-0.1, -0.05) is 0 Å². The standard InChI is InChI=1S/C8H14O3/c1-4-7(3)11-6-8(9)10-5-2/h4H,5-6H2,1-3H3/b7-4+. The van der Waals surface area contributed by atoms with Gasteiger partial charge in [0.1, 0.15) is 0 Å². The van der Waals surface area contributed by atoms with Crippen LogP contribution in [0.25, 0.3) is 0 Å². The maximum absolute atomic E-state index is 10.7. The molecule has 0 bridgehead atoms. The first-order valence-electron chi connectivity index (χ1n) is 3.62. The van der Waals surface area contributed by atoms with Crippen LogP contribution in [0.5, 0.6) is 0 Å². The molecule has 0 aromatic heterocycles. The van der Waals surface area contributed by atoms with Crippen LogP contribution in [0.4, 0.5) is 0 Å². The monoisotopic (exact) mass is 158 g/mol. The summed E-state index contributed by atoms with van der Waals surface area (Å²) in [6.07, 6.45) is 1.79. The quantitative estimate of drug-likeness (QED) is 0.459. The van der Waals surface area contributed by atoms with Gasteiger partial charge in [-0.15, -0.1) is 0 Å². The number of hydrogen-bond donors (Lipinski definition) is 0. The summed E-state index contributed by atoms with van der Waals surface area (Å²) in [5.41, 5.74) is 0. The molecule has 3 nitrogen and oxygen atoms in total. The first kappa shape index (κ1) is 10.0. The van der Waals surface area contributed by atoms with Gasteiger partial charge >= 0.3 is 5.97 Å². The van der Waals surface area contributed by atoms with E-state index in [4.69, 9.17) is 4.74 Å². The lowest BCUT2D eigenvalue weighted by molar-refractivity contribution is -0.147. The molecule has 0 spiro atoms. The van der Waals surface area contributed by atoms with E-state index < -0.39 is 0 Å². The van der Waals surface area contributed by atoms with Crippen molar-refractivity contribution in [3.63, 3.8) is 0 Å². The van der Waals surface area contributed by atoms with Crippen molar-refractivity contribution in [1.82, 2.24) is 0 Å². The highest BCUT2D eigenvalue weighted by Gasteiger charge is 2.00. The molecule has 0 fully saturated rings. The zero-order valence-electron chi connectivity index (χ0n) is 7.22. The van der Waals surface area contributed by atoms with Crippen LogP contribution in [0.3, 0.4) is 0 Å². The third-order valence-electron chi connectivity index (χ3n) is 1.13. The van der Waals surface area contributed by atoms with Gasteiger partial charge in [0, 0.05) is 0 Å². The molecule has 3 heteroatoms. The number of esters is 1. The van der Waals surface area contributed by atoms with Crippen LogP contribution >= 0.6 is 0 Å². The van der Waals surface area contributed by atoms with E-state index in [1.807, 2.05) is 6.92 Å². The topological polar surface area (TPSA) is 35.5 Å². The Morgan fingerprint density at radius 1 is 1.45 bits per heavy atom. The minimum absolute atomic E-state index is 0.00398. The Bertz CT molecular complexity index is 149. The molecule has 0 aliphatic heterocycles. The summed E-state index contributed by atoms with van der Waals surface area (Å²) < 4.78 is 9.64. The predicted octanol–water partition coefficient (Wildman–Crippen LogP) is 1.49. The molecular weight excluding hydrogens is 144 g/mol. The highest BCUT2D eigenvalue weighted by atomic mass is 16.6. The zero-order valence-corrected chi connectivity index (χ0v) is 7.22. The Labute approximate surface area is 67.0 Å². The normalized spacial score (nSPS) is 11.0. The number of ether oxygens (including phenoxy) is 2. The van der Waals surface area contributed by atoms with Gasteiger partial charge in [-0.3, -0.25) is 0 Å². The Morgan fingerprint density at radius 3 is 2.55 bits per heavy atom. The predicted molar refractivity (Wildman–Crippen MR) is 42.0 cm³/mol. The van der Waals surface area contributed by atoms with Crippen molar-refractivity contribution in [3.8, 4) is 0 Å². The molecule has 0 radical (unpaired) electrons. The summed E-state index contributed by atoms with van der Waals surface area (Å²) in [5, 5.41) is 0. The second-order valence-electron chi connectivity index (χ2n) is 1.99. The minimum atomic E-state index is -0.325. The molecule has 0 aromatic rings. The van der Waals surface area contributed by atoms with E-state index in [1.165, 1.54) is 0 Å². The first-order chi connectivity index (χ1) is 5.20. The third kappa shape index (κ3) is 5.45. The van der Waals surface area contributed by atoms with Gasteiger partial charge in [-0.2, -0.15) is 0 Å². The van der Waals surface area contributed by atoms with Crippen LogP contribution in [0, 0.1) is 0 Å². The van der Waals surface area contributed by atoms with Gasteiger partial charge < -0.3 is 9.47 Å². The molecular formula is C8H14O3. The van der Waals surface area contributed by atoms with E-state index in [9.17, 15) is 4.79 Å². The Morgan fingerprint density at radius 2 is 2.09 bits per heavy atom. The average molecular weight is 158 g/mol. The second kappa shape index (κ2) is 5.77. The minimum Gasteiger partial charge on any atom is -0.487 e. The van der Waals surface area contributed by atoms with E-state index in [2.05, 4.69) is 4.74 Å². The first-order valence-corrected chi connectivity index (χ1v) is 3.62. The van der Waals surface area contributed by atoms with E-state index in [1.54, 1.807) is 19.9 Å². The fraction of sp³-hybridized carbons (Fsp3) is 0.625. The third-order valence-corrected chi connectivity index (χ3v) is 1.13. The van der Waals surface area contributed by atoms with E-state index in [-0.39, 0.29) is 12.6 Å². The van der Waals surface area contributed by atoms with Gasteiger partial charge in [-0.25, -0.2) is 4.79 Å². The van der Waals surface area contributed by atoms with Gasteiger partial charge in [-0.05, 0) is 26.8 Å².